The SMILES string of the molecule is Cc1cccc(-n2c(=O)c3sccc3n(CC(=O)Nc3ccc(F)c(Cl)c3)c2=O)c1. The number of anilines is 1. The minimum Gasteiger partial charge on any atom is -0.324 e. The van der Waals surface area contributed by atoms with Gasteiger partial charge >= 0.3 is 5.69 Å². The fraction of sp³-hybridized carbons (Fsp3) is 0.0952. The zero-order valence-corrected chi connectivity index (χ0v) is 17.3. The van der Waals surface area contributed by atoms with E-state index in [1.54, 1.807) is 29.6 Å². The van der Waals surface area contributed by atoms with Gasteiger partial charge < -0.3 is 5.32 Å². The molecule has 6 nitrogen and oxygen atoms in total. The van der Waals surface area contributed by atoms with Crippen molar-refractivity contribution < 1.29 is 9.18 Å². The van der Waals surface area contributed by atoms with Crippen molar-refractivity contribution in [3.63, 3.8) is 0 Å². The van der Waals surface area contributed by atoms with Crippen LogP contribution in [0.4, 0.5) is 10.1 Å². The van der Waals surface area contributed by atoms with E-state index >= 15 is 0 Å². The van der Waals surface area contributed by atoms with Crippen molar-refractivity contribution >= 4 is 44.7 Å². The Labute approximate surface area is 178 Å². The minimum atomic E-state index is -0.621. The first-order valence-electron chi connectivity index (χ1n) is 8.90. The molecule has 0 spiro atoms. The third-order valence-corrected chi connectivity index (χ3v) is 5.70. The summed E-state index contributed by atoms with van der Waals surface area (Å²) in [6, 6.07) is 12.4. The Balaban J connectivity index is 1.78. The number of hydrogen-bond acceptors (Lipinski definition) is 4. The highest BCUT2D eigenvalue weighted by atomic mass is 35.5. The average Bonchev–Trinajstić information content (AvgIpc) is 3.18. The van der Waals surface area contributed by atoms with Crippen molar-refractivity contribution in [2.45, 2.75) is 13.5 Å². The highest BCUT2D eigenvalue weighted by Crippen LogP contribution is 2.20. The number of carbonyl (C=O) groups is 1. The Morgan fingerprint density at radius 3 is 2.70 bits per heavy atom. The highest BCUT2D eigenvalue weighted by molar-refractivity contribution is 7.17. The van der Waals surface area contributed by atoms with Crippen LogP contribution in [0.15, 0.2) is 63.5 Å². The number of benzene rings is 2. The summed E-state index contributed by atoms with van der Waals surface area (Å²) in [6.45, 7) is 1.53. The lowest BCUT2D eigenvalue weighted by Crippen LogP contribution is -2.40. The van der Waals surface area contributed by atoms with Gasteiger partial charge in [0.15, 0.2) is 0 Å². The van der Waals surface area contributed by atoms with Crippen molar-refractivity contribution in [1.82, 2.24) is 9.13 Å². The minimum absolute atomic E-state index is 0.127. The predicted octanol–water partition coefficient (Wildman–Crippen LogP) is 3.95. The monoisotopic (exact) mass is 443 g/mol. The smallest absolute Gasteiger partial charge is 0.324 e. The number of nitrogens with zero attached hydrogens (tertiary/aromatic N) is 2. The fourth-order valence-corrected chi connectivity index (χ4v) is 4.16. The van der Waals surface area contributed by atoms with E-state index in [1.807, 2.05) is 13.0 Å². The maximum Gasteiger partial charge on any atom is 0.336 e. The van der Waals surface area contributed by atoms with Crippen LogP contribution in [0.25, 0.3) is 15.9 Å². The van der Waals surface area contributed by atoms with Gasteiger partial charge in [0, 0.05) is 5.69 Å². The molecule has 1 amide bonds. The summed E-state index contributed by atoms with van der Waals surface area (Å²) in [5.41, 5.74) is 0.947. The molecule has 9 heteroatoms. The molecule has 1 N–H and O–H groups in total. The van der Waals surface area contributed by atoms with Crippen LogP contribution in [0.3, 0.4) is 0 Å². The van der Waals surface area contributed by atoms with Crippen LogP contribution >= 0.6 is 22.9 Å². The molecule has 4 aromatic rings. The molecule has 0 aliphatic heterocycles. The lowest BCUT2D eigenvalue weighted by Gasteiger charge is -2.13. The summed E-state index contributed by atoms with van der Waals surface area (Å²) >= 11 is 6.95. The van der Waals surface area contributed by atoms with Gasteiger partial charge in [0.05, 0.1) is 16.2 Å². The lowest BCUT2D eigenvalue weighted by atomic mass is 10.2. The molecule has 4 rings (SSSR count). The third-order valence-electron chi connectivity index (χ3n) is 4.52. The summed E-state index contributed by atoms with van der Waals surface area (Å²) in [7, 11) is 0. The Bertz CT molecular complexity index is 1410. The summed E-state index contributed by atoms with van der Waals surface area (Å²) in [4.78, 5) is 38.7. The molecular weight excluding hydrogens is 429 g/mol. The van der Waals surface area contributed by atoms with E-state index in [1.165, 1.54) is 28.0 Å². The van der Waals surface area contributed by atoms with Gasteiger partial charge in [0.1, 0.15) is 17.1 Å². The van der Waals surface area contributed by atoms with E-state index in [0.29, 0.717) is 21.6 Å². The number of carbonyl (C=O) groups excluding carboxylic acids is 1. The van der Waals surface area contributed by atoms with Crippen LogP contribution in [-0.4, -0.2) is 15.0 Å². The van der Waals surface area contributed by atoms with Gasteiger partial charge in [-0.3, -0.25) is 14.2 Å². The Hall–Kier alpha value is -3.23. The summed E-state index contributed by atoms with van der Waals surface area (Å²) in [6.07, 6.45) is 0. The number of hydrogen-bond donors (Lipinski definition) is 1. The first-order chi connectivity index (χ1) is 14.3. The molecule has 0 saturated carbocycles. The quantitative estimate of drug-likeness (QED) is 0.519. The second kappa shape index (κ2) is 7.89. The van der Waals surface area contributed by atoms with Crippen LogP contribution in [0.5, 0.6) is 0 Å². The number of nitrogens with one attached hydrogen (secondary N) is 1. The Kier molecular flexibility index (Phi) is 5.27. The van der Waals surface area contributed by atoms with Crippen LogP contribution in [0.1, 0.15) is 5.56 Å². The van der Waals surface area contributed by atoms with Gasteiger partial charge in [-0.25, -0.2) is 13.8 Å². The van der Waals surface area contributed by atoms with E-state index in [2.05, 4.69) is 5.32 Å². The summed E-state index contributed by atoms with van der Waals surface area (Å²) in [5.74, 6) is -1.11. The zero-order chi connectivity index (χ0) is 21.4. The van der Waals surface area contributed by atoms with Crippen LogP contribution < -0.4 is 16.6 Å². The molecule has 0 unspecified atom stereocenters. The van der Waals surface area contributed by atoms with Gasteiger partial charge in [0.2, 0.25) is 5.91 Å². The number of halogens is 2. The lowest BCUT2D eigenvalue weighted by molar-refractivity contribution is -0.116. The van der Waals surface area contributed by atoms with E-state index < -0.39 is 23.0 Å². The number of fused-ring (bicyclic) bond motifs is 1. The molecular formula is C21H15ClFN3O3S. The van der Waals surface area contributed by atoms with Crippen molar-refractivity contribution in [3.8, 4) is 5.69 Å². The molecule has 0 atom stereocenters. The van der Waals surface area contributed by atoms with E-state index in [-0.39, 0.29) is 11.6 Å². The van der Waals surface area contributed by atoms with Crippen molar-refractivity contribution in [2.75, 3.05) is 5.32 Å². The van der Waals surface area contributed by atoms with Crippen LogP contribution in [-0.2, 0) is 11.3 Å². The summed E-state index contributed by atoms with van der Waals surface area (Å²) in [5, 5.41) is 4.16. The van der Waals surface area contributed by atoms with Gasteiger partial charge in [-0.1, -0.05) is 23.7 Å². The van der Waals surface area contributed by atoms with Crippen LogP contribution in [0, 0.1) is 12.7 Å². The second-order valence-electron chi connectivity index (χ2n) is 6.66. The molecule has 0 aliphatic carbocycles. The molecule has 2 heterocycles. The second-order valence-corrected chi connectivity index (χ2v) is 7.98. The van der Waals surface area contributed by atoms with E-state index in [9.17, 15) is 18.8 Å². The Morgan fingerprint density at radius 1 is 1.17 bits per heavy atom. The number of aromatic nitrogens is 2. The van der Waals surface area contributed by atoms with Gasteiger partial charge in [-0.05, 0) is 54.3 Å². The van der Waals surface area contributed by atoms with Gasteiger partial charge in [-0.15, -0.1) is 11.3 Å². The molecule has 0 aliphatic rings. The largest absolute Gasteiger partial charge is 0.336 e. The van der Waals surface area contributed by atoms with E-state index in [4.69, 9.17) is 11.6 Å². The molecule has 0 fully saturated rings. The first kappa shape index (κ1) is 20.1. The molecule has 0 radical (unpaired) electrons. The number of thiophene rings is 1. The number of rotatable bonds is 4. The number of amides is 1. The zero-order valence-electron chi connectivity index (χ0n) is 15.7. The van der Waals surface area contributed by atoms with E-state index in [0.717, 1.165) is 16.2 Å². The average molecular weight is 444 g/mol. The van der Waals surface area contributed by atoms with Crippen LogP contribution in [0.2, 0.25) is 5.02 Å². The molecule has 2 aromatic heterocycles. The maximum atomic E-state index is 13.3. The van der Waals surface area contributed by atoms with Gasteiger partial charge in [0.25, 0.3) is 5.56 Å². The highest BCUT2D eigenvalue weighted by Gasteiger charge is 2.18. The molecule has 0 bridgehead atoms. The van der Waals surface area contributed by atoms with Crippen molar-refractivity contribution in [2.24, 2.45) is 0 Å². The topological polar surface area (TPSA) is 73.1 Å². The molecule has 2 aromatic carbocycles. The predicted molar refractivity (Wildman–Crippen MR) is 116 cm³/mol. The summed E-state index contributed by atoms with van der Waals surface area (Å²) < 4.78 is 16.0. The maximum absolute atomic E-state index is 13.3. The van der Waals surface area contributed by atoms with Gasteiger partial charge in [-0.2, -0.15) is 0 Å². The van der Waals surface area contributed by atoms with Crippen molar-refractivity contribution in [1.29, 1.82) is 0 Å². The third kappa shape index (κ3) is 3.67. The first-order valence-corrected chi connectivity index (χ1v) is 10.2. The normalized spacial score (nSPS) is 11.0. The van der Waals surface area contributed by atoms with Crippen molar-refractivity contribution in [3.05, 3.63) is 91.2 Å². The molecule has 30 heavy (non-hydrogen) atoms. The Morgan fingerprint density at radius 2 is 1.97 bits per heavy atom. The number of aryl methyl sites for hydroxylation is 1. The molecule has 0 saturated heterocycles. The standard InChI is InChI=1S/C21H15ClFN3O3S/c1-12-3-2-4-14(9-12)26-20(28)19-17(7-8-30-19)25(21(26)29)11-18(27)24-13-5-6-16(23)15(22)10-13/h2-10H,11H2,1H3,(H,24,27). The fourth-order valence-electron chi connectivity index (χ4n) is 3.15. The molecule has 152 valence electrons.